The van der Waals surface area contributed by atoms with Crippen molar-refractivity contribution in [2.24, 2.45) is 5.92 Å². The van der Waals surface area contributed by atoms with Gasteiger partial charge in [-0.3, -0.25) is 0 Å². The third-order valence-corrected chi connectivity index (χ3v) is 3.30. The first kappa shape index (κ1) is 13.1. The Balaban J connectivity index is 1.93. The van der Waals surface area contributed by atoms with E-state index in [0.29, 0.717) is 18.3 Å². The lowest BCUT2D eigenvalue weighted by Crippen LogP contribution is -2.08. The van der Waals surface area contributed by atoms with Crippen LogP contribution in [0.4, 0.5) is 4.39 Å². The number of rotatable bonds is 5. The summed E-state index contributed by atoms with van der Waals surface area (Å²) in [6, 6.07) is 4.03. The Hall–Kier alpha value is -1.95. The van der Waals surface area contributed by atoms with Crippen LogP contribution < -0.4 is 0 Å². The minimum atomic E-state index is -0.598. The SMILES string of the molecule is CCOC(c1noc(-c2c(O)cccc2F)n1)C1CC1. The van der Waals surface area contributed by atoms with E-state index in [0.717, 1.165) is 12.8 Å². The van der Waals surface area contributed by atoms with Gasteiger partial charge in [0.15, 0.2) is 0 Å². The van der Waals surface area contributed by atoms with Gasteiger partial charge in [0.1, 0.15) is 23.2 Å². The molecule has 0 spiro atoms. The van der Waals surface area contributed by atoms with E-state index in [2.05, 4.69) is 10.1 Å². The molecule has 1 saturated carbocycles. The second-order valence-corrected chi connectivity index (χ2v) is 4.81. The largest absolute Gasteiger partial charge is 0.507 e. The highest BCUT2D eigenvalue weighted by atomic mass is 19.1. The zero-order valence-corrected chi connectivity index (χ0v) is 11.0. The Labute approximate surface area is 115 Å². The van der Waals surface area contributed by atoms with Gasteiger partial charge in [-0.1, -0.05) is 11.2 Å². The summed E-state index contributed by atoms with van der Waals surface area (Å²) in [5.41, 5.74) is -0.0719. The fraction of sp³-hybridized carbons (Fsp3) is 0.429. The normalized spacial score (nSPS) is 16.3. The Kier molecular flexibility index (Phi) is 3.40. The predicted molar refractivity (Wildman–Crippen MR) is 68.4 cm³/mol. The Morgan fingerprint density at radius 2 is 2.30 bits per heavy atom. The van der Waals surface area contributed by atoms with Gasteiger partial charge in [-0.05, 0) is 37.8 Å². The molecule has 1 aromatic carbocycles. The second kappa shape index (κ2) is 5.20. The van der Waals surface area contributed by atoms with Gasteiger partial charge in [-0.25, -0.2) is 4.39 Å². The molecule has 1 aliphatic rings. The van der Waals surface area contributed by atoms with E-state index in [-0.39, 0.29) is 23.3 Å². The summed E-state index contributed by atoms with van der Waals surface area (Å²) in [7, 11) is 0. The molecule has 1 unspecified atom stereocenters. The van der Waals surface area contributed by atoms with E-state index in [1.54, 1.807) is 0 Å². The molecule has 2 aromatic rings. The molecule has 0 bridgehead atoms. The van der Waals surface area contributed by atoms with Crippen LogP contribution in [0, 0.1) is 11.7 Å². The molecule has 20 heavy (non-hydrogen) atoms. The van der Waals surface area contributed by atoms with Gasteiger partial charge in [0.05, 0.1) is 0 Å². The summed E-state index contributed by atoms with van der Waals surface area (Å²) in [6.07, 6.45) is 1.92. The molecule has 1 aromatic heterocycles. The number of phenols is 1. The van der Waals surface area contributed by atoms with Crippen molar-refractivity contribution in [3.05, 3.63) is 29.8 Å². The average molecular weight is 278 g/mol. The standard InChI is InChI=1S/C14H15FN2O3/c1-2-19-12(8-6-7-8)13-16-14(20-17-13)11-9(15)4-3-5-10(11)18/h3-5,8,12,18H,2,6-7H2,1H3. The van der Waals surface area contributed by atoms with Crippen molar-refractivity contribution in [2.45, 2.75) is 25.9 Å². The molecule has 1 aliphatic carbocycles. The van der Waals surface area contributed by atoms with Crippen molar-refractivity contribution in [1.82, 2.24) is 10.1 Å². The molecule has 0 saturated heterocycles. The van der Waals surface area contributed by atoms with Crippen molar-refractivity contribution in [3.8, 4) is 17.2 Å². The summed E-state index contributed by atoms with van der Waals surface area (Å²) in [4.78, 5) is 4.18. The van der Waals surface area contributed by atoms with E-state index in [4.69, 9.17) is 9.26 Å². The number of nitrogens with zero attached hydrogens (tertiary/aromatic N) is 2. The highest BCUT2D eigenvalue weighted by molar-refractivity contribution is 5.62. The quantitative estimate of drug-likeness (QED) is 0.910. The molecule has 1 N–H and O–H groups in total. The minimum Gasteiger partial charge on any atom is -0.507 e. The molecule has 6 heteroatoms. The Bertz CT molecular complexity index is 590. The maximum atomic E-state index is 13.7. The van der Waals surface area contributed by atoms with E-state index in [1.807, 2.05) is 6.92 Å². The third kappa shape index (κ3) is 2.38. The number of halogens is 1. The number of benzene rings is 1. The zero-order valence-electron chi connectivity index (χ0n) is 11.0. The lowest BCUT2D eigenvalue weighted by atomic mass is 10.2. The smallest absolute Gasteiger partial charge is 0.264 e. The fourth-order valence-corrected chi connectivity index (χ4v) is 2.18. The van der Waals surface area contributed by atoms with Crippen molar-refractivity contribution in [3.63, 3.8) is 0 Å². The average Bonchev–Trinajstić information content (AvgIpc) is 3.15. The molecule has 3 rings (SSSR count). The van der Waals surface area contributed by atoms with E-state index in [1.165, 1.54) is 18.2 Å². The fourth-order valence-electron chi connectivity index (χ4n) is 2.18. The first-order valence-corrected chi connectivity index (χ1v) is 6.63. The van der Waals surface area contributed by atoms with E-state index < -0.39 is 5.82 Å². The molecule has 5 nitrogen and oxygen atoms in total. The number of aromatic hydroxyl groups is 1. The number of aromatic nitrogens is 2. The molecule has 1 fully saturated rings. The number of phenolic OH excluding ortho intramolecular Hbond substituents is 1. The lowest BCUT2D eigenvalue weighted by molar-refractivity contribution is 0.0385. The van der Waals surface area contributed by atoms with Gasteiger partial charge in [0, 0.05) is 6.61 Å². The van der Waals surface area contributed by atoms with Gasteiger partial charge >= 0.3 is 0 Å². The van der Waals surface area contributed by atoms with Gasteiger partial charge in [-0.15, -0.1) is 0 Å². The van der Waals surface area contributed by atoms with Crippen molar-refractivity contribution in [1.29, 1.82) is 0 Å². The molecule has 1 heterocycles. The second-order valence-electron chi connectivity index (χ2n) is 4.81. The summed E-state index contributed by atoms with van der Waals surface area (Å²) >= 11 is 0. The summed E-state index contributed by atoms with van der Waals surface area (Å²) in [5.74, 6) is -0.0401. The van der Waals surface area contributed by atoms with Gasteiger partial charge < -0.3 is 14.4 Å². The zero-order chi connectivity index (χ0) is 14.1. The van der Waals surface area contributed by atoms with Crippen LogP contribution in [0.1, 0.15) is 31.7 Å². The first-order valence-electron chi connectivity index (χ1n) is 6.63. The van der Waals surface area contributed by atoms with Crippen LogP contribution in [0.15, 0.2) is 22.7 Å². The summed E-state index contributed by atoms with van der Waals surface area (Å²) in [5, 5.41) is 13.6. The van der Waals surface area contributed by atoms with Crippen LogP contribution in [-0.4, -0.2) is 21.9 Å². The Morgan fingerprint density at radius 1 is 1.50 bits per heavy atom. The van der Waals surface area contributed by atoms with Crippen LogP contribution in [0.2, 0.25) is 0 Å². The van der Waals surface area contributed by atoms with Gasteiger partial charge in [0.2, 0.25) is 5.82 Å². The minimum absolute atomic E-state index is 0.0269. The summed E-state index contributed by atoms with van der Waals surface area (Å²) in [6.45, 7) is 2.45. The molecule has 1 atom stereocenters. The van der Waals surface area contributed by atoms with Crippen LogP contribution in [0.5, 0.6) is 5.75 Å². The summed E-state index contributed by atoms with van der Waals surface area (Å²) < 4.78 is 24.4. The third-order valence-electron chi connectivity index (χ3n) is 3.30. The molecule has 0 aliphatic heterocycles. The highest BCUT2D eigenvalue weighted by Gasteiger charge is 2.36. The van der Waals surface area contributed by atoms with Gasteiger partial charge in [0.25, 0.3) is 5.89 Å². The molecule has 0 amide bonds. The highest BCUT2D eigenvalue weighted by Crippen LogP contribution is 2.43. The lowest BCUT2D eigenvalue weighted by Gasteiger charge is -2.11. The molecule has 106 valence electrons. The predicted octanol–water partition coefficient (Wildman–Crippen LogP) is 3.07. The monoisotopic (exact) mass is 278 g/mol. The van der Waals surface area contributed by atoms with Crippen LogP contribution in [-0.2, 0) is 4.74 Å². The first-order chi connectivity index (χ1) is 9.70. The van der Waals surface area contributed by atoms with Crippen LogP contribution >= 0.6 is 0 Å². The van der Waals surface area contributed by atoms with Crippen molar-refractivity contribution in [2.75, 3.05) is 6.61 Å². The molecular formula is C14H15FN2O3. The van der Waals surface area contributed by atoms with E-state index in [9.17, 15) is 9.50 Å². The van der Waals surface area contributed by atoms with Crippen LogP contribution in [0.3, 0.4) is 0 Å². The van der Waals surface area contributed by atoms with Crippen molar-refractivity contribution >= 4 is 0 Å². The van der Waals surface area contributed by atoms with Crippen LogP contribution in [0.25, 0.3) is 11.5 Å². The number of ether oxygens (including phenoxy) is 1. The van der Waals surface area contributed by atoms with Gasteiger partial charge in [-0.2, -0.15) is 4.98 Å². The number of hydrogen-bond acceptors (Lipinski definition) is 5. The Morgan fingerprint density at radius 3 is 2.95 bits per heavy atom. The number of hydrogen-bond donors (Lipinski definition) is 1. The molecule has 0 radical (unpaired) electrons. The maximum Gasteiger partial charge on any atom is 0.264 e. The maximum absolute atomic E-state index is 13.7. The van der Waals surface area contributed by atoms with E-state index >= 15 is 0 Å². The van der Waals surface area contributed by atoms with Crippen molar-refractivity contribution < 1.29 is 18.8 Å². The molecular weight excluding hydrogens is 263 g/mol. The topological polar surface area (TPSA) is 68.4 Å².